The van der Waals surface area contributed by atoms with Crippen LogP contribution in [0.5, 0.6) is 0 Å². The number of hydrogen-bond donors (Lipinski definition) is 1. The van der Waals surface area contributed by atoms with Crippen LogP contribution in [0.4, 0.5) is 5.69 Å². The van der Waals surface area contributed by atoms with Gasteiger partial charge in [0.15, 0.2) is 6.61 Å². The van der Waals surface area contributed by atoms with Gasteiger partial charge in [0.25, 0.3) is 5.91 Å². The molecule has 0 bridgehead atoms. The lowest BCUT2D eigenvalue weighted by molar-refractivity contribution is -0.149. The van der Waals surface area contributed by atoms with E-state index in [9.17, 15) is 9.59 Å². The quantitative estimate of drug-likeness (QED) is 0.734. The Bertz CT molecular complexity index is 764. The smallest absolute Gasteiger partial charge is 0.314 e. The molecule has 0 saturated carbocycles. The topological polar surface area (TPSA) is 55.4 Å². The molecule has 0 unspecified atom stereocenters. The van der Waals surface area contributed by atoms with Crippen molar-refractivity contribution in [2.24, 2.45) is 5.92 Å². The molecule has 1 atom stereocenters. The average Bonchev–Trinajstić information content (AvgIpc) is 2.53. The van der Waals surface area contributed by atoms with Crippen LogP contribution < -0.4 is 5.32 Å². The number of halogens is 1. The highest BCUT2D eigenvalue weighted by atomic mass is 35.5. The highest BCUT2D eigenvalue weighted by Gasteiger charge is 2.26. The highest BCUT2D eigenvalue weighted by Crippen LogP contribution is 2.27. The summed E-state index contributed by atoms with van der Waals surface area (Å²) in [5.41, 5.74) is 3.63. The summed E-state index contributed by atoms with van der Waals surface area (Å²) in [5.74, 6) is -1.19. The fraction of sp³-hybridized carbons (Fsp3) is 0.333. The number of benzene rings is 2. The van der Waals surface area contributed by atoms with Crippen LogP contribution in [0.1, 0.15) is 36.5 Å². The first-order valence-corrected chi connectivity index (χ1v) is 8.94. The zero-order valence-electron chi connectivity index (χ0n) is 15.5. The molecule has 5 heteroatoms. The first kappa shape index (κ1) is 20.0. The van der Waals surface area contributed by atoms with Gasteiger partial charge in [0.05, 0.1) is 5.92 Å². The van der Waals surface area contributed by atoms with E-state index in [1.165, 1.54) is 0 Å². The summed E-state index contributed by atoms with van der Waals surface area (Å²) in [6.07, 6.45) is 0. The average molecular weight is 374 g/mol. The van der Waals surface area contributed by atoms with Crippen molar-refractivity contribution in [2.45, 2.75) is 33.6 Å². The molecule has 0 aliphatic rings. The van der Waals surface area contributed by atoms with E-state index < -0.39 is 11.9 Å². The molecule has 0 aliphatic heterocycles. The summed E-state index contributed by atoms with van der Waals surface area (Å²) in [5, 5.41) is 3.37. The molecule has 0 fully saturated rings. The lowest BCUT2D eigenvalue weighted by Gasteiger charge is -2.20. The van der Waals surface area contributed by atoms with Gasteiger partial charge in [-0.3, -0.25) is 9.59 Å². The van der Waals surface area contributed by atoms with Gasteiger partial charge >= 0.3 is 5.97 Å². The van der Waals surface area contributed by atoms with Crippen molar-refractivity contribution in [3.05, 3.63) is 64.2 Å². The second kappa shape index (κ2) is 8.86. The van der Waals surface area contributed by atoms with Crippen LogP contribution in [0.25, 0.3) is 0 Å². The number of carbonyl (C=O) groups excluding carboxylic acids is 2. The van der Waals surface area contributed by atoms with Crippen LogP contribution in [0, 0.1) is 19.8 Å². The van der Waals surface area contributed by atoms with Crippen molar-refractivity contribution >= 4 is 29.2 Å². The molecule has 26 heavy (non-hydrogen) atoms. The first-order valence-electron chi connectivity index (χ1n) is 8.56. The summed E-state index contributed by atoms with van der Waals surface area (Å²) >= 11 is 5.91. The van der Waals surface area contributed by atoms with Gasteiger partial charge in [-0.1, -0.05) is 43.6 Å². The third-order valence-electron chi connectivity index (χ3n) is 4.00. The number of hydrogen-bond acceptors (Lipinski definition) is 3. The summed E-state index contributed by atoms with van der Waals surface area (Å²) < 4.78 is 5.26. The van der Waals surface area contributed by atoms with Crippen molar-refractivity contribution in [3.8, 4) is 0 Å². The Balaban J connectivity index is 1.98. The van der Waals surface area contributed by atoms with E-state index in [1.807, 2.05) is 58.0 Å². The van der Waals surface area contributed by atoms with Gasteiger partial charge in [-0.15, -0.1) is 0 Å². The Labute approximate surface area is 159 Å². The predicted octanol–water partition coefficient (Wildman–Crippen LogP) is 4.88. The Morgan fingerprint density at radius 1 is 1.04 bits per heavy atom. The maximum absolute atomic E-state index is 12.5. The normalized spacial score (nSPS) is 11.9. The van der Waals surface area contributed by atoms with E-state index in [0.717, 1.165) is 16.7 Å². The third-order valence-corrected chi connectivity index (χ3v) is 4.25. The first-order chi connectivity index (χ1) is 12.3. The molecular formula is C21H24ClNO3. The van der Waals surface area contributed by atoms with E-state index in [0.29, 0.717) is 10.7 Å². The van der Waals surface area contributed by atoms with Crippen LogP contribution in [0.2, 0.25) is 5.02 Å². The fourth-order valence-electron chi connectivity index (χ4n) is 2.93. The molecule has 2 aromatic rings. The number of anilines is 1. The number of rotatable bonds is 6. The Morgan fingerprint density at radius 2 is 1.62 bits per heavy atom. The van der Waals surface area contributed by atoms with Crippen LogP contribution in [-0.2, 0) is 14.3 Å². The van der Waals surface area contributed by atoms with Crippen LogP contribution in [-0.4, -0.2) is 18.5 Å². The third kappa shape index (κ3) is 5.60. The highest BCUT2D eigenvalue weighted by molar-refractivity contribution is 6.30. The van der Waals surface area contributed by atoms with Gasteiger partial charge in [-0.2, -0.15) is 0 Å². The lowest BCUT2D eigenvalue weighted by atomic mass is 9.88. The maximum Gasteiger partial charge on any atom is 0.314 e. The van der Waals surface area contributed by atoms with Gasteiger partial charge < -0.3 is 10.1 Å². The molecule has 1 amide bonds. The van der Waals surface area contributed by atoms with Crippen molar-refractivity contribution < 1.29 is 14.3 Å². The molecule has 138 valence electrons. The molecule has 1 N–H and O–H groups in total. The Morgan fingerprint density at radius 3 is 2.15 bits per heavy atom. The number of esters is 1. The van der Waals surface area contributed by atoms with Crippen molar-refractivity contribution in [2.75, 3.05) is 11.9 Å². The molecule has 2 rings (SSSR count). The van der Waals surface area contributed by atoms with Gasteiger partial charge in [-0.25, -0.2) is 0 Å². The van der Waals surface area contributed by atoms with Crippen LogP contribution in [0.3, 0.4) is 0 Å². The van der Waals surface area contributed by atoms with E-state index in [4.69, 9.17) is 16.3 Å². The van der Waals surface area contributed by atoms with Crippen molar-refractivity contribution in [1.82, 2.24) is 0 Å². The van der Waals surface area contributed by atoms with Crippen LogP contribution in [0.15, 0.2) is 42.5 Å². The van der Waals surface area contributed by atoms with E-state index in [-0.39, 0.29) is 18.4 Å². The summed E-state index contributed by atoms with van der Waals surface area (Å²) in [6, 6.07) is 12.9. The molecule has 0 spiro atoms. The number of amides is 1. The number of ether oxygens (including phenoxy) is 1. The number of nitrogens with one attached hydrogen (secondary N) is 1. The Kier molecular flexibility index (Phi) is 6.81. The van der Waals surface area contributed by atoms with E-state index in [2.05, 4.69) is 5.32 Å². The van der Waals surface area contributed by atoms with Crippen LogP contribution >= 0.6 is 11.6 Å². The zero-order chi connectivity index (χ0) is 19.3. The molecule has 4 nitrogen and oxygen atoms in total. The molecule has 0 aromatic heterocycles. The SMILES string of the molecule is Cc1cc(C)cc(NC(=O)COC(=O)[C@H](c2ccc(Cl)cc2)C(C)C)c1. The molecule has 0 saturated heterocycles. The number of carbonyl (C=O) groups is 2. The van der Waals surface area contributed by atoms with Crippen molar-refractivity contribution in [1.29, 1.82) is 0 Å². The monoisotopic (exact) mass is 373 g/mol. The van der Waals surface area contributed by atoms with Crippen molar-refractivity contribution in [3.63, 3.8) is 0 Å². The predicted molar refractivity (Wildman–Crippen MR) is 105 cm³/mol. The fourth-order valence-corrected chi connectivity index (χ4v) is 3.06. The number of aryl methyl sites for hydroxylation is 2. The maximum atomic E-state index is 12.5. The second-order valence-electron chi connectivity index (χ2n) is 6.81. The minimum Gasteiger partial charge on any atom is -0.455 e. The van der Waals surface area contributed by atoms with Gasteiger partial charge in [0, 0.05) is 10.7 Å². The minimum absolute atomic E-state index is 0.0335. The standard InChI is InChI=1S/C21H24ClNO3/c1-13(2)20(16-5-7-17(22)8-6-16)21(25)26-12-19(24)23-18-10-14(3)9-15(4)11-18/h5-11,13,20H,12H2,1-4H3,(H,23,24)/t20-/m0/s1. The van der Waals surface area contributed by atoms with Gasteiger partial charge in [-0.05, 0) is 60.7 Å². The minimum atomic E-state index is -0.443. The molecule has 2 aromatic carbocycles. The van der Waals surface area contributed by atoms with Gasteiger partial charge in [0.1, 0.15) is 0 Å². The van der Waals surface area contributed by atoms with E-state index >= 15 is 0 Å². The second-order valence-corrected chi connectivity index (χ2v) is 7.24. The largest absolute Gasteiger partial charge is 0.455 e. The summed E-state index contributed by atoms with van der Waals surface area (Å²) in [6.45, 7) is 7.49. The summed E-state index contributed by atoms with van der Waals surface area (Å²) in [7, 11) is 0. The molecule has 0 heterocycles. The molecular weight excluding hydrogens is 350 g/mol. The molecule has 0 radical (unpaired) electrons. The zero-order valence-corrected chi connectivity index (χ0v) is 16.3. The van der Waals surface area contributed by atoms with E-state index in [1.54, 1.807) is 12.1 Å². The molecule has 0 aliphatic carbocycles. The van der Waals surface area contributed by atoms with Gasteiger partial charge in [0.2, 0.25) is 0 Å². The Hall–Kier alpha value is -2.33. The lowest BCUT2D eigenvalue weighted by Crippen LogP contribution is -2.26. The summed E-state index contributed by atoms with van der Waals surface area (Å²) in [4.78, 5) is 24.6.